The normalized spacial score (nSPS) is 15.9. The van der Waals surface area contributed by atoms with Crippen LogP contribution in [-0.4, -0.2) is 37.7 Å². The Labute approximate surface area is 204 Å². The number of nitrogens with one attached hydrogen (secondary N) is 1. The van der Waals surface area contributed by atoms with Gasteiger partial charge in [0.15, 0.2) is 11.5 Å². The molecule has 4 nitrogen and oxygen atoms in total. The van der Waals surface area contributed by atoms with E-state index >= 15 is 0 Å². The van der Waals surface area contributed by atoms with Crippen LogP contribution >= 0.6 is 0 Å². The number of benzene rings is 3. The first-order valence-electron chi connectivity index (χ1n) is 12.0. The van der Waals surface area contributed by atoms with Crippen molar-refractivity contribution in [2.75, 3.05) is 32.8 Å². The molecule has 0 aliphatic carbocycles. The van der Waals surface area contributed by atoms with E-state index in [1.54, 1.807) is 12.1 Å². The molecular formula is C28H31F3N2O2. The van der Waals surface area contributed by atoms with E-state index in [4.69, 9.17) is 9.47 Å². The zero-order valence-corrected chi connectivity index (χ0v) is 19.9. The molecule has 0 aromatic heterocycles. The van der Waals surface area contributed by atoms with Crippen molar-refractivity contribution >= 4 is 0 Å². The van der Waals surface area contributed by atoms with Crippen LogP contribution in [-0.2, 0) is 12.8 Å². The quantitative estimate of drug-likeness (QED) is 0.421. The SMILES string of the molecule is CCOc1cc(C(c2ccc(C(F)(F)F)cc2)N2CCCNCC2)ccc1OCc1ccccc1. The lowest BCUT2D eigenvalue weighted by molar-refractivity contribution is -0.137. The molecule has 0 radical (unpaired) electrons. The molecule has 35 heavy (non-hydrogen) atoms. The van der Waals surface area contributed by atoms with E-state index < -0.39 is 11.7 Å². The molecule has 4 rings (SSSR count). The summed E-state index contributed by atoms with van der Waals surface area (Å²) in [4.78, 5) is 2.32. The van der Waals surface area contributed by atoms with Crippen molar-refractivity contribution in [2.24, 2.45) is 0 Å². The van der Waals surface area contributed by atoms with Crippen LogP contribution in [0.25, 0.3) is 0 Å². The minimum absolute atomic E-state index is 0.195. The minimum atomic E-state index is -4.36. The van der Waals surface area contributed by atoms with E-state index in [1.165, 1.54) is 12.1 Å². The third kappa shape index (κ3) is 6.55. The summed E-state index contributed by atoms with van der Waals surface area (Å²) in [5.74, 6) is 1.27. The smallest absolute Gasteiger partial charge is 0.416 e. The number of halogens is 3. The fourth-order valence-electron chi connectivity index (χ4n) is 4.41. The predicted molar refractivity (Wildman–Crippen MR) is 131 cm³/mol. The fraction of sp³-hybridized carbons (Fsp3) is 0.357. The lowest BCUT2D eigenvalue weighted by Gasteiger charge is -2.32. The van der Waals surface area contributed by atoms with Gasteiger partial charge in [-0.15, -0.1) is 0 Å². The molecule has 3 aromatic rings. The summed E-state index contributed by atoms with van der Waals surface area (Å²) >= 11 is 0. The van der Waals surface area contributed by atoms with Gasteiger partial charge >= 0.3 is 6.18 Å². The Kier molecular flexibility index (Phi) is 8.31. The van der Waals surface area contributed by atoms with Crippen molar-refractivity contribution in [1.82, 2.24) is 10.2 Å². The molecule has 1 N–H and O–H groups in total. The molecule has 0 saturated carbocycles. The largest absolute Gasteiger partial charge is 0.490 e. The number of rotatable bonds is 8. The summed E-state index contributed by atoms with van der Waals surface area (Å²) in [5, 5.41) is 3.40. The molecule has 0 bridgehead atoms. The Morgan fingerprint density at radius 2 is 1.60 bits per heavy atom. The number of nitrogens with zero attached hydrogens (tertiary/aromatic N) is 1. The van der Waals surface area contributed by atoms with E-state index in [2.05, 4.69) is 10.2 Å². The van der Waals surface area contributed by atoms with Crippen LogP contribution in [0.15, 0.2) is 72.8 Å². The third-order valence-electron chi connectivity index (χ3n) is 6.11. The Morgan fingerprint density at radius 1 is 0.857 bits per heavy atom. The van der Waals surface area contributed by atoms with E-state index in [1.807, 2.05) is 55.5 Å². The Balaban J connectivity index is 1.66. The summed E-state index contributed by atoms with van der Waals surface area (Å²) < 4.78 is 51.5. The van der Waals surface area contributed by atoms with Gasteiger partial charge in [-0.1, -0.05) is 48.5 Å². The van der Waals surface area contributed by atoms with Crippen LogP contribution in [0.2, 0.25) is 0 Å². The van der Waals surface area contributed by atoms with Crippen LogP contribution in [0.1, 0.15) is 41.6 Å². The van der Waals surface area contributed by atoms with Crippen LogP contribution in [0.3, 0.4) is 0 Å². The third-order valence-corrected chi connectivity index (χ3v) is 6.11. The average molecular weight is 485 g/mol. The van der Waals surface area contributed by atoms with Crippen molar-refractivity contribution in [1.29, 1.82) is 0 Å². The summed E-state index contributed by atoms with van der Waals surface area (Å²) in [6.07, 6.45) is -3.39. The second kappa shape index (κ2) is 11.6. The van der Waals surface area contributed by atoms with Gasteiger partial charge in [-0.2, -0.15) is 13.2 Å². The lowest BCUT2D eigenvalue weighted by atomic mass is 9.95. The first-order valence-corrected chi connectivity index (χ1v) is 12.0. The first-order chi connectivity index (χ1) is 17.0. The van der Waals surface area contributed by atoms with Crippen molar-refractivity contribution in [3.63, 3.8) is 0 Å². The van der Waals surface area contributed by atoms with Crippen LogP contribution in [0, 0.1) is 0 Å². The van der Waals surface area contributed by atoms with Gasteiger partial charge in [0, 0.05) is 19.6 Å². The maximum Gasteiger partial charge on any atom is 0.416 e. The highest BCUT2D eigenvalue weighted by Crippen LogP contribution is 2.37. The highest BCUT2D eigenvalue weighted by molar-refractivity contribution is 5.46. The van der Waals surface area contributed by atoms with Gasteiger partial charge in [0.25, 0.3) is 0 Å². The highest BCUT2D eigenvalue weighted by Gasteiger charge is 2.31. The van der Waals surface area contributed by atoms with E-state index in [9.17, 15) is 13.2 Å². The number of hydrogen-bond donors (Lipinski definition) is 1. The summed E-state index contributed by atoms with van der Waals surface area (Å²) in [6, 6.07) is 21.1. The molecule has 1 heterocycles. The molecule has 0 spiro atoms. The van der Waals surface area contributed by atoms with Crippen LogP contribution in [0.5, 0.6) is 11.5 Å². The summed E-state index contributed by atoms with van der Waals surface area (Å²) in [6.45, 7) is 6.20. The molecule has 1 aliphatic heterocycles. The zero-order valence-electron chi connectivity index (χ0n) is 19.9. The van der Waals surface area contributed by atoms with Crippen molar-refractivity contribution < 1.29 is 22.6 Å². The molecular weight excluding hydrogens is 453 g/mol. The van der Waals surface area contributed by atoms with Crippen molar-refractivity contribution in [3.8, 4) is 11.5 Å². The molecule has 3 aromatic carbocycles. The maximum absolute atomic E-state index is 13.2. The van der Waals surface area contributed by atoms with E-state index in [0.29, 0.717) is 24.7 Å². The predicted octanol–water partition coefficient (Wildman–Crippen LogP) is 6.07. The molecule has 186 valence electrons. The molecule has 0 amide bonds. The van der Waals surface area contributed by atoms with Gasteiger partial charge in [-0.25, -0.2) is 0 Å². The second-order valence-corrected chi connectivity index (χ2v) is 8.58. The number of alkyl halides is 3. The number of ether oxygens (including phenoxy) is 2. The van der Waals surface area contributed by atoms with Crippen LogP contribution < -0.4 is 14.8 Å². The van der Waals surface area contributed by atoms with E-state index in [-0.39, 0.29) is 6.04 Å². The Bertz CT molecular complexity index is 1060. The second-order valence-electron chi connectivity index (χ2n) is 8.58. The standard InChI is InChI=1S/C28H31F3N2O2/c1-2-34-26-19-23(11-14-25(26)35-20-21-7-4-3-5-8-21)27(33-17-6-15-32-16-18-33)22-9-12-24(13-10-22)28(29,30)31/h3-5,7-14,19,27,32H,2,6,15-18,20H2,1H3. The summed E-state index contributed by atoms with van der Waals surface area (Å²) in [7, 11) is 0. The van der Waals surface area contributed by atoms with E-state index in [0.717, 1.165) is 49.3 Å². The summed E-state index contributed by atoms with van der Waals surface area (Å²) in [5.41, 5.74) is 2.19. The van der Waals surface area contributed by atoms with Gasteiger partial charge in [0.2, 0.25) is 0 Å². The minimum Gasteiger partial charge on any atom is -0.490 e. The molecule has 1 unspecified atom stereocenters. The van der Waals surface area contributed by atoms with Crippen LogP contribution in [0.4, 0.5) is 13.2 Å². The lowest BCUT2D eigenvalue weighted by Crippen LogP contribution is -2.33. The average Bonchev–Trinajstić information content (AvgIpc) is 3.14. The van der Waals surface area contributed by atoms with Gasteiger partial charge < -0.3 is 14.8 Å². The first kappa shape index (κ1) is 25.1. The molecule has 1 saturated heterocycles. The van der Waals surface area contributed by atoms with Gasteiger partial charge in [-0.05, 0) is 60.8 Å². The molecule has 7 heteroatoms. The molecule has 1 atom stereocenters. The van der Waals surface area contributed by atoms with Crippen molar-refractivity contribution in [2.45, 2.75) is 32.2 Å². The van der Waals surface area contributed by atoms with Gasteiger partial charge in [0.1, 0.15) is 6.61 Å². The topological polar surface area (TPSA) is 33.7 Å². The highest BCUT2D eigenvalue weighted by atomic mass is 19.4. The van der Waals surface area contributed by atoms with Crippen molar-refractivity contribution in [3.05, 3.63) is 95.1 Å². The van der Waals surface area contributed by atoms with Gasteiger partial charge in [0.05, 0.1) is 18.2 Å². The van der Waals surface area contributed by atoms with Gasteiger partial charge in [-0.3, -0.25) is 4.90 Å². The number of hydrogen-bond acceptors (Lipinski definition) is 4. The Hall–Kier alpha value is -3.03. The zero-order chi connectivity index (χ0) is 24.7. The Morgan fingerprint density at radius 3 is 2.31 bits per heavy atom. The monoisotopic (exact) mass is 484 g/mol. The fourth-order valence-corrected chi connectivity index (χ4v) is 4.41. The molecule has 1 aliphatic rings. The molecule has 1 fully saturated rings. The maximum atomic E-state index is 13.2.